The van der Waals surface area contributed by atoms with Crippen molar-refractivity contribution >= 4 is 29.3 Å². The van der Waals surface area contributed by atoms with Gasteiger partial charge in [0.1, 0.15) is 0 Å². The Morgan fingerprint density at radius 3 is 2.82 bits per heavy atom. The summed E-state index contributed by atoms with van der Waals surface area (Å²) < 4.78 is 0. The molecular weight excluding hydrogens is 286 g/mol. The minimum Gasteiger partial charge on any atom is -0.481 e. The van der Waals surface area contributed by atoms with Crippen LogP contribution < -0.4 is 15.5 Å². The van der Waals surface area contributed by atoms with Crippen molar-refractivity contribution in [1.29, 1.82) is 0 Å². The summed E-state index contributed by atoms with van der Waals surface area (Å²) >= 11 is 0. The molecule has 1 aromatic carbocycles. The third-order valence-electron chi connectivity index (χ3n) is 3.36. The molecule has 2 rings (SSSR count). The van der Waals surface area contributed by atoms with Crippen molar-refractivity contribution in [2.45, 2.75) is 25.7 Å². The van der Waals surface area contributed by atoms with Gasteiger partial charge in [-0.3, -0.25) is 9.59 Å². The smallest absolute Gasteiger partial charge is 0.319 e. The highest BCUT2D eigenvalue weighted by Crippen LogP contribution is 2.23. The Hall–Kier alpha value is -2.57. The lowest BCUT2D eigenvalue weighted by molar-refractivity contribution is -0.136. The van der Waals surface area contributed by atoms with Crippen LogP contribution in [-0.2, 0) is 9.59 Å². The Kier molecular flexibility index (Phi) is 5.35. The Labute approximate surface area is 128 Å². The number of nitrogens with one attached hydrogen (secondary N) is 2. The molecule has 0 bridgehead atoms. The number of aliphatic carboxylic acids is 1. The highest BCUT2D eigenvalue weighted by Gasteiger charge is 2.19. The maximum Gasteiger partial charge on any atom is 0.319 e. The molecule has 118 valence electrons. The molecule has 0 aromatic heterocycles. The van der Waals surface area contributed by atoms with Crippen LogP contribution in [0.2, 0.25) is 0 Å². The molecule has 1 heterocycles. The molecule has 3 amide bonds. The minimum absolute atomic E-state index is 0.0610. The first-order valence-corrected chi connectivity index (χ1v) is 7.23. The van der Waals surface area contributed by atoms with Crippen LogP contribution in [0.1, 0.15) is 25.7 Å². The van der Waals surface area contributed by atoms with Gasteiger partial charge < -0.3 is 20.6 Å². The molecule has 0 aliphatic carbocycles. The first-order valence-electron chi connectivity index (χ1n) is 7.23. The zero-order chi connectivity index (χ0) is 15.9. The average Bonchev–Trinajstić information content (AvgIpc) is 2.47. The second-order valence-corrected chi connectivity index (χ2v) is 5.08. The molecule has 3 N–H and O–H groups in total. The van der Waals surface area contributed by atoms with E-state index in [1.165, 1.54) is 0 Å². The number of carboxylic acid groups (broad SMARTS) is 1. The van der Waals surface area contributed by atoms with E-state index in [-0.39, 0.29) is 18.9 Å². The number of hydrogen-bond donors (Lipinski definition) is 3. The van der Waals surface area contributed by atoms with E-state index >= 15 is 0 Å². The number of carbonyl (C=O) groups excluding carboxylic acids is 2. The Bertz CT molecular complexity index is 574. The van der Waals surface area contributed by atoms with Crippen LogP contribution in [0.4, 0.5) is 16.2 Å². The van der Waals surface area contributed by atoms with E-state index in [0.717, 1.165) is 18.5 Å². The van der Waals surface area contributed by atoms with Gasteiger partial charge in [0.05, 0.1) is 6.42 Å². The Balaban J connectivity index is 1.94. The zero-order valence-electron chi connectivity index (χ0n) is 12.2. The third-order valence-corrected chi connectivity index (χ3v) is 3.36. The van der Waals surface area contributed by atoms with Crippen molar-refractivity contribution < 1.29 is 19.5 Å². The molecule has 1 aliphatic rings. The number of carboxylic acids is 1. The van der Waals surface area contributed by atoms with Gasteiger partial charge in [-0.25, -0.2) is 4.79 Å². The number of nitrogens with zero attached hydrogens (tertiary/aromatic N) is 1. The second kappa shape index (κ2) is 7.44. The summed E-state index contributed by atoms with van der Waals surface area (Å²) in [5.41, 5.74) is 1.32. The fourth-order valence-corrected chi connectivity index (χ4v) is 2.29. The van der Waals surface area contributed by atoms with Gasteiger partial charge in [-0.05, 0) is 31.0 Å². The minimum atomic E-state index is -0.967. The highest BCUT2D eigenvalue weighted by molar-refractivity contribution is 5.95. The normalized spacial score (nSPS) is 14.5. The van der Waals surface area contributed by atoms with Gasteiger partial charge in [0.2, 0.25) is 5.91 Å². The van der Waals surface area contributed by atoms with Crippen LogP contribution in [-0.4, -0.2) is 36.1 Å². The largest absolute Gasteiger partial charge is 0.481 e. The topological polar surface area (TPSA) is 98.7 Å². The Morgan fingerprint density at radius 1 is 1.27 bits per heavy atom. The summed E-state index contributed by atoms with van der Waals surface area (Å²) in [6, 6.07) is 6.58. The summed E-state index contributed by atoms with van der Waals surface area (Å²) in [4.78, 5) is 35.7. The van der Waals surface area contributed by atoms with Crippen LogP contribution in [0, 0.1) is 0 Å². The summed E-state index contributed by atoms with van der Waals surface area (Å²) in [6.07, 6.45) is 2.31. The monoisotopic (exact) mass is 305 g/mol. The zero-order valence-corrected chi connectivity index (χ0v) is 12.2. The van der Waals surface area contributed by atoms with Crippen molar-refractivity contribution in [3.8, 4) is 0 Å². The quantitative estimate of drug-likeness (QED) is 0.772. The molecule has 0 radical (unpaired) electrons. The van der Waals surface area contributed by atoms with Gasteiger partial charge in [0, 0.05) is 30.9 Å². The Morgan fingerprint density at radius 2 is 2.09 bits per heavy atom. The summed E-state index contributed by atoms with van der Waals surface area (Å²) in [5, 5.41) is 13.6. The molecular formula is C15H19N3O4. The van der Waals surface area contributed by atoms with E-state index in [1.54, 1.807) is 23.1 Å². The van der Waals surface area contributed by atoms with E-state index in [2.05, 4.69) is 10.6 Å². The maximum absolute atomic E-state index is 11.9. The van der Waals surface area contributed by atoms with Crippen molar-refractivity contribution in [3.63, 3.8) is 0 Å². The first-order chi connectivity index (χ1) is 10.6. The van der Waals surface area contributed by atoms with Crippen LogP contribution in [0.3, 0.4) is 0 Å². The highest BCUT2D eigenvalue weighted by atomic mass is 16.4. The standard InChI is InChI=1S/C15H19N3O4/c19-13-6-1-2-9-18(13)12-5-3-4-11(10-12)17-15(22)16-8-7-14(20)21/h3-5,10H,1-2,6-9H2,(H,20,21)(H2,16,17,22). The molecule has 1 fully saturated rings. The van der Waals surface area contributed by atoms with E-state index < -0.39 is 12.0 Å². The predicted molar refractivity (Wildman–Crippen MR) is 81.9 cm³/mol. The number of anilines is 2. The molecule has 1 aliphatic heterocycles. The van der Waals surface area contributed by atoms with E-state index in [1.807, 2.05) is 6.07 Å². The molecule has 0 spiro atoms. The van der Waals surface area contributed by atoms with Crippen LogP contribution in [0.5, 0.6) is 0 Å². The SMILES string of the molecule is O=C(O)CCNC(=O)Nc1cccc(N2CCCCC2=O)c1. The van der Waals surface area contributed by atoms with Crippen molar-refractivity contribution in [2.24, 2.45) is 0 Å². The van der Waals surface area contributed by atoms with Crippen molar-refractivity contribution in [3.05, 3.63) is 24.3 Å². The van der Waals surface area contributed by atoms with Gasteiger partial charge in [-0.1, -0.05) is 6.07 Å². The van der Waals surface area contributed by atoms with Gasteiger partial charge >= 0.3 is 12.0 Å². The molecule has 0 atom stereocenters. The number of benzene rings is 1. The molecule has 1 aromatic rings. The third kappa shape index (κ3) is 4.47. The van der Waals surface area contributed by atoms with Crippen LogP contribution >= 0.6 is 0 Å². The predicted octanol–water partition coefficient (Wildman–Crippen LogP) is 1.80. The van der Waals surface area contributed by atoms with Crippen LogP contribution in [0.25, 0.3) is 0 Å². The lowest BCUT2D eigenvalue weighted by Gasteiger charge is -2.27. The maximum atomic E-state index is 11.9. The van der Waals surface area contributed by atoms with E-state index in [0.29, 0.717) is 18.7 Å². The van der Waals surface area contributed by atoms with Gasteiger partial charge in [-0.15, -0.1) is 0 Å². The lowest BCUT2D eigenvalue weighted by atomic mass is 10.1. The van der Waals surface area contributed by atoms with E-state index in [4.69, 9.17) is 5.11 Å². The number of amides is 3. The lowest BCUT2D eigenvalue weighted by Crippen LogP contribution is -2.35. The summed E-state index contributed by atoms with van der Waals surface area (Å²) in [5.74, 6) is -0.875. The first kappa shape index (κ1) is 15.8. The fraction of sp³-hybridized carbons (Fsp3) is 0.400. The number of carbonyl (C=O) groups is 3. The fourth-order valence-electron chi connectivity index (χ4n) is 2.29. The molecule has 0 unspecified atom stereocenters. The molecule has 22 heavy (non-hydrogen) atoms. The van der Waals surface area contributed by atoms with Gasteiger partial charge in [0.25, 0.3) is 0 Å². The summed E-state index contributed by atoms with van der Waals surface area (Å²) in [6.45, 7) is 0.749. The number of rotatable bonds is 5. The molecule has 0 saturated carbocycles. The number of urea groups is 1. The van der Waals surface area contributed by atoms with E-state index in [9.17, 15) is 14.4 Å². The molecule has 1 saturated heterocycles. The second-order valence-electron chi connectivity index (χ2n) is 5.08. The van der Waals surface area contributed by atoms with Crippen molar-refractivity contribution in [2.75, 3.05) is 23.3 Å². The molecule has 7 nitrogen and oxygen atoms in total. The van der Waals surface area contributed by atoms with Crippen molar-refractivity contribution in [1.82, 2.24) is 5.32 Å². The summed E-state index contributed by atoms with van der Waals surface area (Å²) in [7, 11) is 0. The van der Waals surface area contributed by atoms with Gasteiger partial charge in [-0.2, -0.15) is 0 Å². The number of hydrogen-bond acceptors (Lipinski definition) is 3. The number of piperidine rings is 1. The van der Waals surface area contributed by atoms with Crippen LogP contribution in [0.15, 0.2) is 24.3 Å². The average molecular weight is 305 g/mol. The van der Waals surface area contributed by atoms with Gasteiger partial charge in [0.15, 0.2) is 0 Å². The molecule has 7 heteroatoms.